The van der Waals surface area contributed by atoms with Gasteiger partial charge in [-0.05, 0) is 62.2 Å². The van der Waals surface area contributed by atoms with Gasteiger partial charge in [0.15, 0.2) is 5.82 Å². The summed E-state index contributed by atoms with van der Waals surface area (Å²) in [7, 11) is 1.63. The first-order chi connectivity index (χ1) is 15.0. The van der Waals surface area contributed by atoms with Crippen LogP contribution in [0.15, 0.2) is 48.5 Å². The molecule has 0 spiro atoms. The first kappa shape index (κ1) is 20.5. The van der Waals surface area contributed by atoms with Crippen molar-refractivity contribution in [3.63, 3.8) is 0 Å². The number of carbonyl (C=O) groups excluding carboxylic acids is 1. The number of fused-ring (bicyclic) bond motifs is 1. The second kappa shape index (κ2) is 8.55. The van der Waals surface area contributed by atoms with E-state index in [0.717, 1.165) is 40.4 Å². The average molecular weight is 415 g/mol. The van der Waals surface area contributed by atoms with Crippen LogP contribution in [0.5, 0.6) is 5.75 Å². The van der Waals surface area contributed by atoms with Crippen molar-refractivity contribution in [2.45, 2.75) is 33.6 Å². The third-order valence-electron chi connectivity index (χ3n) is 5.38. The largest absolute Gasteiger partial charge is 0.497 e. The standard InChI is InChI=1S/C24H25N5O2/c1-5-17-6-10-19(11-7-17)26-22(30)14-21-15(2)25-24-27-23(28-29(24)16(21)3)18-8-12-20(31-4)13-9-18/h6-13H,5,14H2,1-4H3,(H,26,30). The van der Waals surface area contributed by atoms with E-state index in [1.165, 1.54) is 5.56 Å². The van der Waals surface area contributed by atoms with Crippen molar-refractivity contribution in [2.75, 3.05) is 12.4 Å². The van der Waals surface area contributed by atoms with Crippen molar-refractivity contribution >= 4 is 17.4 Å². The van der Waals surface area contributed by atoms with Gasteiger partial charge in [0.25, 0.3) is 5.78 Å². The highest BCUT2D eigenvalue weighted by atomic mass is 16.5. The van der Waals surface area contributed by atoms with Gasteiger partial charge >= 0.3 is 0 Å². The Kier molecular flexibility index (Phi) is 5.66. The highest BCUT2D eigenvalue weighted by Crippen LogP contribution is 2.22. The summed E-state index contributed by atoms with van der Waals surface area (Å²) in [6, 6.07) is 15.5. The number of nitrogens with one attached hydrogen (secondary N) is 1. The van der Waals surface area contributed by atoms with Crippen LogP contribution in [0.1, 0.15) is 29.4 Å². The summed E-state index contributed by atoms with van der Waals surface area (Å²) in [5, 5.41) is 7.58. The average Bonchev–Trinajstić information content (AvgIpc) is 3.21. The Morgan fingerprint density at radius 1 is 1.03 bits per heavy atom. The molecule has 0 aliphatic heterocycles. The van der Waals surface area contributed by atoms with Crippen molar-refractivity contribution < 1.29 is 9.53 Å². The Bertz CT molecular complexity index is 1230. The van der Waals surface area contributed by atoms with E-state index in [1.54, 1.807) is 11.6 Å². The first-order valence-corrected chi connectivity index (χ1v) is 10.2. The lowest BCUT2D eigenvalue weighted by atomic mass is 10.1. The number of ether oxygens (including phenoxy) is 1. The second-order valence-corrected chi connectivity index (χ2v) is 7.41. The van der Waals surface area contributed by atoms with Crippen LogP contribution in [0, 0.1) is 13.8 Å². The van der Waals surface area contributed by atoms with E-state index in [9.17, 15) is 4.79 Å². The molecule has 0 aliphatic rings. The number of carbonyl (C=O) groups is 1. The lowest BCUT2D eigenvalue weighted by molar-refractivity contribution is -0.115. The Balaban J connectivity index is 1.59. The summed E-state index contributed by atoms with van der Waals surface area (Å²) in [5.41, 5.74) is 5.37. The number of amides is 1. The number of aryl methyl sites for hydroxylation is 3. The molecule has 1 N–H and O–H groups in total. The summed E-state index contributed by atoms with van der Waals surface area (Å²) < 4.78 is 6.91. The van der Waals surface area contributed by atoms with E-state index in [2.05, 4.69) is 27.3 Å². The van der Waals surface area contributed by atoms with Crippen LogP contribution in [0.25, 0.3) is 17.2 Å². The summed E-state index contributed by atoms with van der Waals surface area (Å²) in [6.45, 7) is 5.94. The van der Waals surface area contributed by atoms with Crippen LogP contribution in [-0.4, -0.2) is 32.6 Å². The molecular formula is C24H25N5O2. The zero-order chi connectivity index (χ0) is 22.0. The Morgan fingerprint density at radius 2 is 1.74 bits per heavy atom. The summed E-state index contributed by atoms with van der Waals surface area (Å²) >= 11 is 0. The molecule has 7 nitrogen and oxygen atoms in total. The fraction of sp³-hybridized carbons (Fsp3) is 0.250. The number of aromatic nitrogens is 4. The lowest BCUT2D eigenvalue weighted by Crippen LogP contribution is -2.17. The van der Waals surface area contributed by atoms with Gasteiger partial charge in [-0.15, -0.1) is 5.10 Å². The molecule has 2 heterocycles. The molecule has 158 valence electrons. The Morgan fingerprint density at radius 3 is 2.39 bits per heavy atom. The zero-order valence-corrected chi connectivity index (χ0v) is 18.1. The highest BCUT2D eigenvalue weighted by molar-refractivity contribution is 5.92. The minimum Gasteiger partial charge on any atom is -0.497 e. The molecular weight excluding hydrogens is 390 g/mol. The van der Waals surface area contributed by atoms with Crippen LogP contribution in [0.2, 0.25) is 0 Å². The van der Waals surface area contributed by atoms with Gasteiger partial charge in [-0.1, -0.05) is 19.1 Å². The number of methoxy groups -OCH3 is 1. The molecule has 0 saturated heterocycles. The quantitative estimate of drug-likeness (QED) is 0.511. The van der Waals surface area contributed by atoms with Crippen LogP contribution in [0.3, 0.4) is 0 Å². The predicted molar refractivity (Wildman–Crippen MR) is 120 cm³/mol. The third kappa shape index (κ3) is 4.26. The molecule has 7 heteroatoms. The van der Waals surface area contributed by atoms with Gasteiger partial charge < -0.3 is 10.1 Å². The molecule has 0 bridgehead atoms. The molecule has 2 aromatic heterocycles. The maximum Gasteiger partial charge on any atom is 0.253 e. The maximum atomic E-state index is 12.7. The molecule has 4 rings (SSSR count). The molecule has 0 aliphatic carbocycles. The smallest absolute Gasteiger partial charge is 0.253 e. The molecule has 0 atom stereocenters. The summed E-state index contributed by atoms with van der Waals surface area (Å²) in [6.07, 6.45) is 1.18. The van der Waals surface area contributed by atoms with Crippen molar-refractivity contribution in [2.24, 2.45) is 0 Å². The van der Waals surface area contributed by atoms with Crippen molar-refractivity contribution in [3.8, 4) is 17.1 Å². The van der Waals surface area contributed by atoms with Gasteiger partial charge in [0.2, 0.25) is 5.91 Å². The molecule has 0 saturated carbocycles. The minimum absolute atomic E-state index is 0.0907. The van der Waals surface area contributed by atoms with Gasteiger partial charge in [0.05, 0.1) is 13.5 Å². The van der Waals surface area contributed by atoms with Gasteiger partial charge in [-0.3, -0.25) is 4.79 Å². The van der Waals surface area contributed by atoms with Gasteiger partial charge in [-0.2, -0.15) is 4.98 Å². The van der Waals surface area contributed by atoms with Crippen molar-refractivity contribution in [3.05, 3.63) is 71.0 Å². The van der Waals surface area contributed by atoms with Crippen LogP contribution < -0.4 is 10.1 Å². The molecule has 1 amide bonds. The number of hydrogen-bond donors (Lipinski definition) is 1. The Hall–Kier alpha value is -3.74. The van der Waals surface area contributed by atoms with Crippen molar-refractivity contribution in [1.82, 2.24) is 19.6 Å². The van der Waals surface area contributed by atoms with E-state index < -0.39 is 0 Å². The molecule has 0 fully saturated rings. The maximum absolute atomic E-state index is 12.7. The fourth-order valence-electron chi connectivity index (χ4n) is 3.52. The predicted octanol–water partition coefficient (Wildman–Crippen LogP) is 4.16. The lowest BCUT2D eigenvalue weighted by Gasteiger charge is -2.11. The monoisotopic (exact) mass is 415 g/mol. The van der Waals surface area contributed by atoms with Crippen LogP contribution in [0.4, 0.5) is 5.69 Å². The van der Waals surface area contributed by atoms with E-state index in [1.807, 2.05) is 62.4 Å². The van der Waals surface area contributed by atoms with E-state index in [-0.39, 0.29) is 12.3 Å². The van der Waals surface area contributed by atoms with Crippen LogP contribution in [-0.2, 0) is 17.6 Å². The normalized spacial score (nSPS) is 11.0. The number of hydrogen-bond acceptors (Lipinski definition) is 5. The number of nitrogens with zero attached hydrogens (tertiary/aromatic N) is 4. The van der Waals surface area contributed by atoms with Gasteiger partial charge in [0, 0.05) is 28.2 Å². The van der Waals surface area contributed by atoms with Gasteiger partial charge in [-0.25, -0.2) is 9.50 Å². The van der Waals surface area contributed by atoms with E-state index in [4.69, 9.17) is 4.74 Å². The zero-order valence-electron chi connectivity index (χ0n) is 18.1. The number of rotatable bonds is 6. The van der Waals surface area contributed by atoms with Crippen molar-refractivity contribution in [1.29, 1.82) is 0 Å². The summed E-state index contributed by atoms with van der Waals surface area (Å²) in [4.78, 5) is 21.8. The minimum atomic E-state index is -0.0907. The molecule has 0 radical (unpaired) electrons. The topological polar surface area (TPSA) is 81.4 Å². The summed E-state index contributed by atoms with van der Waals surface area (Å²) in [5.74, 6) is 1.78. The second-order valence-electron chi connectivity index (χ2n) is 7.41. The molecule has 31 heavy (non-hydrogen) atoms. The Labute approximate surface area is 181 Å². The first-order valence-electron chi connectivity index (χ1n) is 10.2. The molecule has 4 aromatic rings. The SMILES string of the molecule is CCc1ccc(NC(=O)Cc2c(C)nc3nc(-c4ccc(OC)cc4)nn3c2C)cc1. The molecule has 0 unspecified atom stereocenters. The van der Waals surface area contributed by atoms with Gasteiger partial charge in [0.1, 0.15) is 5.75 Å². The van der Waals surface area contributed by atoms with E-state index >= 15 is 0 Å². The molecule has 2 aromatic carbocycles. The third-order valence-corrected chi connectivity index (χ3v) is 5.38. The number of anilines is 1. The highest BCUT2D eigenvalue weighted by Gasteiger charge is 2.17. The fourth-order valence-corrected chi connectivity index (χ4v) is 3.52. The number of benzene rings is 2. The van der Waals surface area contributed by atoms with Crippen LogP contribution >= 0.6 is 0 Å². The van der Waals surface area contributed by atoms with E-state index in [0.29, 0.717) is 11.6 Å².